The van der Waals surface area contributed by atoms with E-state index in [4.69, 9.17) is 28.5 Å². The van der Waals surface area contributed by atoms with Crippen LogP contribution < -0.4 is 4.72 Å². The van der Waals surface area contributed by atoms with Crippen LogP contribution in [0.3, 0.4) is 0 Å². The first-order chi connectivity index (χ1) is 9.83. The van der Waals surface area contributed by atoms with E-state index in [2.05, 4.69) is 4.72 Å². The highest BCUT2D eigenvalue weighted by atomic mass is 35.5. The molecule has 8 heteroatoms. The molecule has 0 saturated heterocycles. The predicted octanol–water partition coefficient (Wildman–Crippen LogP) is 3.37. The highest BCUT2D eigenvalue weighted by Crippen LogP contribution is 2.28. The lowest BCUT2D eigenvalue weighted by molar-refractivity contribution is 0.475. The maximum Gasteiger partial charge on any atom is 0.261 e. The van der Waals surface area contributed by atoms with Gasteiger partial charge in [0.15, 0.2) is 0 Å². The Labute approximate surface area is 131 Å². The molecule has 0 saturated carbocycles. The minimum Gasteiger partial charge on any atom is -0.506 e. The molecule has 0 atom stereocenters. The van der Waals surface area contributed by atoms with Crippen LogP contribution in [0.15, 0.2) is 41.3 Å². The summed E-state index contributed by atoms with van der Waals surface area (Å²) in [5.74, 6) is -0.152. The molecule has 0 unspecified atom stereocenters. The summed E-state index contributed by atoms with van der Waals surface area (Å²) >= 11 is 11.5. The zero-order valence-corrected chi connectivity index (χ0v) is 12.7. The van der Waals surface area contributed by atoms with Crippen molar-refractivity contribution >= 4 is 38.9 Å². The molecule has 0 bridgehead atoms. The van der Waals surface area contributed by atoms with Gasteiger partial charge in [-0.3, -0.25) is 4.72 Å². The molecular formula is C13H8Cl2N2O3S. The minimum absolute atomic E-state index is 0.0214. The van der Waals surface area contributed by atoms with Crippen molar-refractivity contribution in [1.82, 2.24) is 0 Å². The molecule has 21 heavy (non-hydrogen) atoms. The normalized spacial score (nSPS) is 10.9. The predicted molar refractivity (Wildman–Crippen MR) is 80.1 cm³/mol. The Morgan fingerprint density at radius 1 is 1.10 bits per heavy atom. The molecule has 0 amide bonds. The van der Waals surface area contributed by atoms with Crippen LogP contribution in [0.2, 0.25) is 10.0 Å². The average molecular weight is 343 g/mol. The lowest BCUT2D eigenvalue weighted by Gasteiger charge is -2.09. The monoisotopic (exact) mass is 342 g/mol. The summed E-state index contributed by atoms with van der Waals surface area (Å²) in [6, 6.07) is 9.53. The topological polar surface area (TPSA) is 90.2 Å². The number of phenolic OH excluding ortho intramolecular Hbond substituents is 1. The summed E-state index contributed by atoms with van der Waals surface area (Å²) in [7, 11) is -3.87. The first kappa shape index (κ1) is 15.4. The molecule has 5 nitrogen and oxygen atoms in total. The zero-order chi connectivity index (χ0) is 15.6. The van der Waals surface area contributed by atoms with Crippen LogP contribution in [-0.2, 0) is 10.0 Å². The number of hydrogen-bond acceptors (Lipinski definition) is 4. The Balaban J connectivity index is 2.36. The summed E-state index contributed by atoms with van der Waals surface area (Å²) in [6.45, 7) is 0. The van der Waals surface area contributed by atoms with Gasteiger partial charge in [-0.25, -0.2) is 8.42 Å². The standard InChI is InChI=1S/C13H8Cl2N2O3S/c14-11-6-10(3-1-8(11)7-16)21(19,20)17-9-2-4-13(18)12(15)5-9/h1-6,17-18H. The second kappa shape index (κ2) is 5.82. The van der Waals surface area contributed by atoms with E-state index >= 15 is 0 Å². The fourth-order valence-electron chi connectivity index (χ4n) is 1.54. The first-order valence-electron chi connectivity index (χ1n) is 5.54. The van der Waals surface area contributed by atoms with Gasteiger partial charge in [0.1, 0.15) is 11.8 Å². The fourth-order valence-corrected chi connectivity index (χ4v) is 3.08. The third-order valence-corrected chi connectivity index (χ3v) is 4.57. The van der Waals surface area contributed by atoms with Gasteiger partial charge in [0.05, 0.1) is 26.2 Å². The van der Waals surface area contributed by atoms with Crippen molar-refractivity contribution in [3.63, 3.8) is 0 Å². The molecule has 0 radical (unpaired) electrons. The third-order valence-electron chi connectivity index (χ3n) is 2.57. The average Bonchev–Trinajstić information content (AvgIpc) is 2.42. The Bertz CT molecular complexity index is 845. The summed E-state index contributed by atoms with van der Waals surface area (Å²) in [5.41, 5.74) is 0.376. The van der Waals surface area contributed by atoms with E-state index in [0.29, 0.717) is 0 Å². The second-order valence-electron chi connectivity index (χ2n) is 4.03. The molecule has 2 aromatic carbocycles. The number of phenols is 1. The molecule has 0 aliphatic carbocycles. The molecule has 0 heterocycles. The number of nitriles is 1. The van der Waals surface area contributed by atoms with Crippen LogP contribution in [0.5, 0.6) is 5.75 Å². The van der Waals surface area contributed by atoms with Crippen molar-refractivity contribution < 1.29 is 13.5 Å². The zero-order valence-electron chi connectivity index (χ0n) is 10.3. The molecule has 0 aliphatic rings. The number of nitrogens with zero attached hydrogens (tertiary/aromatic N) is 1. The number of sulfonamides is 1. The number of rotatable bonds is 3. The maximum atomic E-state index is 12.2. The number of benzene rings is 2. The van der Waals surface area contributed by atoms with Gasteiger partial charge in [0.25, 0.3) is 10.0 Å². The molecule has 0 aromatic heterocycles. The third kappa shape index (κ3) is 3.39. The van der Waals surface area contributed by atoms with Crippen molar-refractivity contribution in [3.05, 3.63) is 52.0 Å². The summed E-state index contributed by atoms with van der Waals surface area (Å²) in [4.78, 5) is -0.0873. The van der Waals surface area contributed by atoms with Crippen LogP contribution in [0.4, 0.5) is 5.69 Å². The summed E-state index contributed by atoms with van der Waals surface area (Å²) < 4.78 is 26.7. The number of halogens is 2. The Morgan fingerprint density at radius 3 is 2.38 bits per heavy atom. The van der Waals surface area contributed by atoms with Crippen molar-refractivity contribution in [3.8, 4) is 11.8 Å². The number of anilines is 1. The smallest absolute Gasteiger partial charge is 0.261 e. The van der Waals surface area contributed by atoms with Gasteiger partial charge in [-0.05, 0) is 36.4 Å². The van der Waals surface area contributed by atoms with Gasteiger partial charge in [0, 0.05) is 0 Å². The number of hydrogen-bond donors (Lipinski definition) is 2. The van der Waals surface area contributed by atoms with E-state index in [1.54, 1.807) is 0 Å². The fraction of sp³-hybridized carbons (Fsp3) is 0. The molecular weight excluding hydrogens is 335 g/mol. The van der Waals surface area contributed by atoms with Gasteiger partial charge < -0.3 is 5.11 Å². The maximum absolute atomic E-state index is 12.2. The van der Waals surface area contributed by atoms with E-state index in [9.17, 15) is 13.5 Å². The van der Waals surface area contributed by atoms with Crippen molar-refractivity contribution in [1.29, 1.82) is 5.26 Å². The highest BCUT2D eigenvalue weighted by molar-refractivity contribution is 7.92. The van der Waals surface area contributed by atoms with Gasteiger partial charge in [0.2, 0.25) is 0 Å². The van der Waals surface area contributed by atoms with Crippen LogP contribution in [0.1, 0.15) is 5.56 Å². The Kier molecular flexibility index (Phi) is 4.28. The van der Waals surface area contributed by atoms with Gasteiger partial charge in [-0.1, -0.05) is 23.2 Å². The van der Waals surface area contributed by atoms with Crippen molar-refractivity contribution in [2.75, 3.05) is 4.72 Å². The van der Waals surface area contributed by atoms with Gasteiger partial charge in [-0.2, -0.15) is 5.26 Å². The number of aromatic hydroxyl groups is 1. The first-order valence-corrected chi connectivity index (χ1v) is 7.78. The van der Waals surface area contributed by atoms with Crippen LogP contribution in [-0.4, -0.2) is 13.5 Å². The van der Waals surface area contributed by atoms with E-state index in [1.165, 1.54) is 36.4 Å². The van der Waals surface area contributed by atoms with E-state index < -0.39 is 10.0 Å². The quantitative estimate of drug-likeness (QED) is 0.836. The van der Waals surface area contributed by atoms with Crippen molar-refractivity contribution in [2.24, 2.45) is 0 Å². The van der Waals surface area contributed by atoms with Crippen LogP contribution in [0, 0.1) is 11.3 Å². The van der Waals surface area contributed by atoms with Crippen LogP contribution in [0.25, 0.3) is 0 Å². The summed E-state index contributed by atoms with van der Waals surface area (Å²) in [6.07, 6.45) is 0. The van der Waals surface area contributed by atoms with E-state index in [-0.39, 0.29) is 31.9 Å². The second-order valence-corrected chi connectivity index (χ2v) is 6.52. The molecule has 0 fully saturated rings. The lowest BCUT2D eigenvalue weighted by Crippen LogP contribution is -2.13. The summed E-state index contributed by atoms with van der Waals surface area (Å²) in [5, 5.41) is 18.1. The Morgan fingerprint density at radius 2 is 1.81 bits per heavy atom. The largest absolute Gasteiger partial charge is 0.506 e. The number of nitrogens with one attached hydrogen (secondary N) is 1. The Hall–Kier alpha value is -1.94. The minimum atomic E-state index is -3.87. The highest BCUT2D eigenvalue weighted by Gasteiger charge is 2.16. The molecule has 2 aromatic rings. The van der Waals surface area contributed by atoms with Crippen LogP contribution >= 0.6 is 23.2 Å². The van der Waals surface area contributed by atoms with E-state index in [1.807, 2.05) is 6.07 Å². The molecule has 2 N–H and O–H groups in total. The molecule has 0 spiro atoms. The molecule has 108 valence electrons. The van der Waals surface area contributed by atoms with E-state index in [0.717, 1.165) is 0 Å². The molecule has 0 aliphatic heterocycles. The molecule has 2 rings (SSSR count). The van der Waals surface area contributed by atoms with Crippen molar-refractivity contribution in [2.45, 2.75) is 4.90 Å². The lowest BCUT2D eigenvalue weighted by atomic mass is 10.2. The van der Waals surface area contributed by atoms with Gasteiger partial charge >= 0.3 is 0 Å². The SMILES string of the molecule is N#Cc1ccc(S(=O)(=O)Nc2ccc(O)c(Cl)c2)cc1Cl. The van der Waals surface area contributed by atoms with Gasteiger partial charge in [-0.15, -0.1) is 0 Å².